The van der Waals surface area contributed by atoms with Crippen LogP contribution in [-0.2, 0) is 14.3 Å². The molecule has 6 heteroatoms. The van der Waals surface area contributed by atoms with Gasteiger partial charge in [0, 0.05) is 30.1 Å². The number of carbonyl (C=O) groups excluding carboxylic acids is 1. The third kappa shape index (κ3) is 23.3. The van der Waals surface area contributed by atoms with Gasteiger partial charge in [-0.1, -0.05) is 88.1 Å². The molecule has 1 amide bonds. The molecule has 0 bridgehead atoms. The number of carbonyl (C=O) groups is 2. The predicted octanol–water partition coefficient (Wildman–Crippen LogP) is 9.25. The maximum atomic E-state index is 13.1. The Hall–Kier alpha value is -3.95. The van der Waals surface area contributed by atoms with Crippen molar-refractivity contribution in [3.63, 3.8) is 0 Å². The highest BCUT2D eigenvalue weighted by atomic mass is 32.2. The molecule has 0 aromatic rings. The SMILES string of the molecule is C=C=C/C=C\C/C=C(\CSC(=C)/C=C\C=C/C=C)C(CCCC)NC(=O)CCC1=CC=C(OC(C)C)C=C=C1.CC(=O)O. The average Bonchev–Trinajstić information content (AvgIpc) is 3.18. The van der Waals surface area contributed by atoms with Crippen molar-refractivity contribution in [1.82, 2.24) is 5.32 Å². The molecule has 2 N–H and O–H groups in total. The van der Waals surface area contributed by atoms with E-state index in [-0.39, 0.29) is 18.1 Å². The van der Waals surface area contributed by atoms with Crippen LogP contribution in [0.1, 0.15) is 66.2 Å². The van der Waals surface area contributed by atoms with Crippen LogP contribution in [-0.4, -0.2) is 34.9 Å². The number of thioether (sulfide) groups is 1. The van der Waals surface area contributed by atoms with Gasteiger partial charge in [-0.3, -0.25) is 9.59 Å². The Morgan fingerprint density at radius 1 is 1.19 bits per heavy atom. The summed E-state index contributed by atoms with van der Waals surface area (Å²) in [6.07, 6.45) is 30.2. The molecule has 1 aliphatic carbocycles. The number of allylic oxidation sites excluding steroid dienone is 13. The fourth-order valence-corrected chi connectivity index (χ4v) is 4.41. The molecule has 0 fully saturated rings. The molecule has 1 atom stereocenters. The first kappa shape index (κ1) is 39.0. The first-order chi connectivity index (χ1) is 20.6. The van der Waals surface area contributed by atoms with Crippen LogP contribution in [0.3, 0.4) is 0 Å². The topological polar surface area (TPSA) is 75.6 Å². The number of unbranched alkanes of at least 4 members (excludes halogenated alkanes) is 1. The first-order valence-corrected chi connectivity index (χ1v) is 15.6. The van der Waals surface area contributed by atoms with Gasteiger partial charge in [-0.2, -0.15) is 0 Å². The molecule has 1 rings (SSSR count). The number of aliphatic carboxylic acids is 1. The average molecular weight is 604 g/mol. The number of ether oxygens (including phenoxy) is 1. The lowest BCUT2D eigenvalue weighted by Crippen LogP contribution is -2.37. The van der Waals surface area contributed by atoms with Crippen LogP contribution in [0.2, 0.25) is 0 Å². The minimum absolute atomic E-state index is 0.0183. The molecule has 0 aliphatic heterocycles. The Morgan fingerprint density at radius 2 is 1.93 bits per heavy atom. The van der Waals surface area contributed by atoms with Crippen LogP contribution in [0.15, 0.2) is 132 Å². The molecular weight excluding hydrogens is 554 g/mol. The van der Waals surface area contributed by atoms with Crippen molar-refractivity contribution in [2.24, 2.45) is 0 Å². The Balaban J connectivity index is 0.00000413. The summed E-state index contributed by atoms with van der Waals surface area (Å²) in [6, 6.07) is -0.0183. The second-order valence-electron chi connectivity index (χ2n) is 9.76. The van der Waals surface area contributed by atoms with Gasteiger partial charge in [0.1, 0.15) is 5.76 Å². The lowest BCUT2D eigenvalue weighted by Gasteiger charge is -2.22. The van der Waals surface area contributed by atoms with Gasteiger partial charge < -0.3 is 15.2 Å². The molecule has 0 saturated heterocycles. The van der Waals surface area contributed by atoms with E-state index in [9.17, 15) is 4.79 Å². The Kier molecular flexibility index (Phi) is 23.4. The highest BCUT2D eigenvalue weighted by molar-refractivity contribution is 8.03. The van der Waals surface area contributed by atoms with E-state index in [4.69, 9.17) is 14.6 Å². The largest absolute Gasteiger partial charge is 0.490 e. The summed E-state index contributed by atoms with van der Waals surface area (Å²) in [5, 5.41) is 10.7. The van der Waals surface area contributed by atoms with E-state index in [1.54, 1.807) is 23.9 Å². The van der Waals surface area contributed by atoms with Crippen molar-refractivity contribution in [3.8, 4) is 0 Å². The molecule has 43 heavy (non-hydrogen) atoms. The van der Waals surface area contributed by atoms with Crippen LogP contribution in [0.25, 0.3) is 0 Å². The molecular formula is C37H49NO4S. The number of hydrogen-bond donors (Lipinski definition) is 2. The van der Waals surface area contributed by atoms with Gasteiger partial charge in [0.2, 0.25) is 5.91 Å². The third-order valence-electron chi connectivity index (χ3n) is 5.53. The minimum atomic E-state index is -0.833. The number of carboxylic acids is 1. The zero-order valence-electron chi connectivity index (χ0n) is 26.3. The van der Waals surface area contributed by atoms with Crippen molar-refractivity contribution < 1.29 is 19.4 Å². The second-order valence-corrected chi connectivity index (χ2v) is 10.9. The van der Waals surface area contributed by atoms with Gasteiger partial charge in [-0.25, -0.2) is 0 Å². The summed E-state index contributed by atoms with van der Waals surface area (Å²) < 4.78 is 5.75. The number of amides is 1. The van der Waals surface area contributed by atoms with E-state index in [2.05, 4.69) is 55.6 Å². The zero-order valence-corrected chi connectivity index (χ0v) is 27.1. The Labute approximate surface area is 264 Å². The lowest BCUT2D eigenvalue weighted by molar-refractivity contribution is -0.134. The van der Waals surface area contributed by atoms with Crippen LogP contribution in [0.4, 0.5) is 0 Å². The third-order valence-corrected chi connectivity index (χ3v) is 6.51. The van der Waals surface area contributed by atoms with Gasteiger partial charge in [0.25, 0.3) is 5.97 Å². The molecule has 232 valence electrons. The highest BCUT2D eigenvalue weighted by Gasteiger charge is 2.17. The van der Waals surface area contributed by atoms with Crippen molar-refractivity contribution in [3.05, 3.63) is 132 Å². The highest BCUT2D eigenvalue weighted by Crippen LogP contribution is 2.23. The van der Waals surface area contributed by atoms with E-state index in [1.807, 2.05) is 68.5 Å². The number of nitrogens with one attached hydrogen (secondary N) is 1. The van der Waals surface area contributed by atoms with Crippen LogP contribution < -0.4 is 5.32 Å². The van der Waals surface area contributed by atoms with Gasteiger partial charge in [-0.05, 0) is 68.6 Å². The number of rotatable bonds is 19. The van der Waals surface area contributed by atoms with Crippen molar-refractivity contribution in [1.29, 1.82) is 0 Å². The standard InChI is InChI=1S/C35H45NO2S.C2H4O2/c1-7-10-13-15-17-21-32(28-39-30(6)19-16-14-11-8-2)34(23-12-9-3)36-35(37)27-25-31-20-18-22-33(26-24-31)38-29(4)5;1-2(3)4/h8,10-11,13-16,19-22,24,26,29,34H,1-2,6,9,12,17,23,25,27-28H2,3-5H3,(H,36,37);1H3,(H,3,4)/b14-11-,15-13-,19-16-,32-21+;. The van der Waals surface area contributed by atoms with Crippen molar-refractivity contribution >= 4 is 23.6 Å². The maximum Gasteiger partial charge on any atom is 0.300 e. The predicted molar refractivity (Wildman–Crippen MR) is 185 cm³/mol. The molecule has 0 spiro atoms. The van der Waals surface area contributed by atoms with Crippen molar-refractivity contribution in [2.75, 3.05) is 5.75 Å². The van der Waals surface area contributed by atoms with E-state index in [0.29, 0.717) is 12.8 Å². The lowest BCUT2D eigenvalue weighted by atomic mass is 10.0. The summed E-state index contributed by atoms with van der Waals surface area (Å²) >= 11 is 1.68. The van der Waals surface area contributed by atoms with Crippen LogP contribution in [0, 0.1) is 0 Å². The molecule has 0 saturated carbocycles. The molecule has 0 radical (unpaired) electrons. The van der Waals surface area contributed by atoms with E-state index in [1.165, 1.54) is 5.57 Å². The Bertz CT molecular complexity index is 1190. The van der Waals surface area contributed by atoms with Crippen LogP contribution >= 0.6 is 11.8 Å². The van der Waals surface area contributed by atoms with E-state index >= 15 is 0 Å². The normalized spacial score (nSPS) is 13.6. The zero-order chi connectivity index (χ0) is 32.3. The first-order valence-electron chi connectivity index (χ1n) is 14.6. The summed E-state index contributed by atoms with van der Waals surface area (Å²) in [5.74, 6) is 0.755. The summed E-state index contributed by atoms with van der Waals surface area (Å²) in [7, 11) is 0. The van der Waals surface area contributed by atoms with Gasteiger partial charge >= 0.3 is 0 Å². The van der Waals surface area contributed by atoms with Crippen LogP contribution in [0.5, 0.6) is 0 Å². The monoisotopic (exact) mass is 603 g/mol. The summed E-state index contributed by atoms with van der Waals surface area (Å²) in [4.78, 5) is 23.0. The maximum absolute atomic E-state index is 13.1. The smallest absolute Gasteiger partial charge is 0.300 e. The summed E-state index contributed by atoms with van der Waals surface area (Å²) in [6.45, 7) is 18.7. The fraction of sp³-hybridized carbons (Fsp3) is 0.351. The molecule has 0 aromatic heterocycles. The Morgan fingerprint density at radius 3 is 2.58 bits per heavy atom. The quantitative estimate of drug-likeness (QED) is 0.0874. The van der Waals surface area contributed by atoms with Gasteiger partial charge in [0.05, 0.1) is 12.1 Å². The molecule has 5 nitrogen and oxygen atoms in total. The minimum Gasteiger partial charge on any atom is -0.490 e. The summed E-state index contributed by atoms with van der Waals surface area (Å²) in [5.41, 5.74) is 8.17. The molecule has 1 aliphatic rings. The number of carboxylic acid groups (broad SMARTS) is 1. The van der Waals surface area contributed by atoms with E-state index < -0.39 is 5.97 Å². The van der Waals surface area contributed by atoms with Crippen molar-refractivity contribution in [2.45, 2.75) is 78.4 Å². The molecule has 0 heterocycles. The number of hydrogen-bond acceptors (Lipinski definition) is 4. The molecule has 0 aromatic carbocycles. The van der Waals surface area contributed by atoms with Gasteiger partial charge in [-0.15, -0.1) is 23.2 Å². The molecule has 1 unspecified atom stereocenters. The second kappa shape index (κ2) is 25.7. The van der Waals surface area contributed by atoms with Gasteiger partial charge in [0.15, 0.2) is 0 Å². The fourth-order valence-electron chi connectivity index (χ4n) is 3.57. The van der Waals surface area contributed by atoms with E-state index in [0.717, 1.165) is 54.6 Å².